The quantitative estimate of drug-likeness (QED) is 0.374. The van der Waals surface area contributed by atoms with Gasteiger partial charge in [0.2, 0.25) is 0 Å². The number of rotatable bonds is 9. The first-order valence-electron chi connectivity index (χ1n) is 13.3. The number of alkyl halides is 2. The van der Waals surface area contributed by atoms with Gasteiger partial charge in [0.05, 0.1) is 18.7 Å². The third-order valence-corrected chi connectivity index (χ3v) is 8.08. The summed E-state index contributed by atoms with van der Waals surface area (Å²) in [4.78, 5) is 7.32. The summed E-state index contributed by atoms with van der Waals surface area (Å²) in [6, 6.07) is 11.7. The van der Waals surface area contributed by atoms with Gasteiger partial charge in [-0.3, -0.25) is 4.90 Å². The van der Waals surface area contributed by atoms with Crippen LogP contribution in [0.4, 0.5) is 13.2 Å². The summed E-state index contributed by atoms with van der Waals surface area (Å²) in [7, 11) is 0. The maximum atomic E-state index is 15.5. The molecule has 0 aliphatic carbocycles. The predicted molar refractivity (Wildman–Crippen MR) is 138 cm³/mol. The number of aromatic nitrogens is 1. The molecule has 2 aliphatic rings. The van der Waals surface area contributed by atoms with Crippen LogP contribution in [0, 0.1) is 11.7 Å². The van der Waals surface area contributed by atoms with Gasteiger partial charge < -0.3 is 20.1 Å². The number of aliphatic hydroxyl groups is 2. The van der Waals surface area contributed by atoms with Gasteiger partial charge in [-0.05, 0) is 49.6 Å². The summed E-state index contributed by atoms with van der Waals surface area (Å²) >= 11 is 0. The van der Waals surface area contributed by atoms with Gasteiger partial charge in [-0.25, -0.2) is 13.2 Å². The number of nitrogens with one attached hydrogen (secondary N) is 1. The number of nitrogens with zero attached hydrogens (tertiary/aromatic N) is 2. The zero-order valence-electron chi connectivity index (χ0n) is 21.4. The number of halogens is 3. The van der Waals surface area contributed by atoms with E-state index in [4.69, 9.17) is 0 Å². The molecular formula is C29H36F3N3O2. The van der Waals surface area contributed by atoms with E-state index in [9.17, 15) is 19.0 Å². The fourth-order valence-corrected chi connectivity index (χ4v) is 6.01. The highest BCUT2D eigenvalue weighted by atomic mass is 19.3. The summed E-state index contributed by atoms with van der Waals surface area (Å²) in [5, 5.41) is 21.2. The molecule has 1 aromatic heterocycles. The van der Waals surface area contributed by atoms with Crippen LogP contribution in [0.1, 0.15) is 61.2 Å². The average molecular weight is 516 g/mol. The van der Waals surface area contributed by atoms with Crippen LogP contribution in [-0.4, -0.2) is 69.7 Å². The second-order valence-electron chi connectivity index (χ2n) is 10.8. The maximum Gasteiger partial charge on any atom is 0.283 e. The molecule has 3 atom stereocenters. The summed E-state index contributed by atoms with van der Waals surface area (Å²) in [6.07, 6.45) is 1.87. The average Bonchev–Trinajstić information content (AvgIpc) is 3.21. The van der Waals surface area contributed by atoms with Gasteiger partial charge in [-0.2, -0.15) is 0 Å². The van der Waals surface area contributed by atoms with Crippen LogP contribution in [0.3, 0.4) is 0 Å². The van der Waals surface area contributed by atoms with Gasteiger partial charge in [0.15, 0.2) is 0 Å². The molecule has 3 heterocycles. The molecule has 0 spiro atoms. The normalized spacial score (nSPS) is 22.2. The first kappa shape index (κ1) is 26.2. The van der Waals surface area contributed by atoms with Crippen molar-refractivity contribution < 1.29 is 23.4 Å². The Balaban J connectivity index is 1.48. The molecule has 200 valence electrons. The van der Waals surface area contributed by atoms with Crippen molar-refractivity contribution in [1.82, 2.24) is 14.8 Å². The highest BCUT2D eigenvalue weighted by molar-refractivity contribution is 5.85. The molecule has 3 aromatic rings. The molecule has 1 saturated heterocycles. The zero-order valence-corrected chi connectivity index (χ0v) is 21.4. The van der Waals surface area contributed by atoms with E-state index in [1.54, 1.807) is 17.0 Å². The largest absolute Gasteiger partial charge is 0.390 e. The van der Waals surface area contributed by atoms with Crippen LogP contribution >= 0.6 is 0 Å². The van der Waals surface area contributed by atoms with Crippen molar-refractivity contribution in [3.63, 3.8) is 0 Å². The van der Waals surface area contributed by atoms with E-state index in [-0.39, 0.29) is 17.5 Å². The monoisotopic (exact) mass is 515 g/mol. The van der Waals surface area contributed by atoms with Crippen molar-refractivity contribution in [3.05, 3.63) is 70.7 Å². The minimum absolute atomic E-state index is 0.0213. The molecule has 2 aromatic carbocycles. The first-order chi connectivity index (χ1) is 17.7. The summed E-state index contributed by atoms with van der Waals surface area (Å²) in [5.74, 6) is -3.84. The highest BCUT2D eigenvalue weighted by Gasteiger charge is 2.42. The highest BCUT2D eigenvalue weighted by Crippen LogP contribution is 2.42. The molecule has 37 heavy (non-hydrogen) atoms. The maximum absolute atomic E-state index is 15.5. The van der Waals surface area contributed by atoms with Crippen molar-refractivity contribution in [3.8, 4) is 0 Å². The summed E-state index contributed by atoms with van der Waals surface area (Å²) in [5.41, 5.74) is 3.51. The SMILES string of the molecule is CCCCN1CC([C@H](O)c2ccc([C@@H]3c4[nH]c5ccccc5c4C[C@@H](C)N3CC(F)(F)CO)cc2F)C1. The second kappa shape index (κ2) is 10.4. The van der Waals surface area contributed by atoms with E-state index in [1.165, 1.54) is 6.07 Å². The minimum atomic E-state index is -3.29. The molecule has 5 rings (SSSR count). The standard InChI is InChI=1S/C29H36F3N3O2/c1-3-4-11-34-14-20(15-34)28(37)22-10-9-19(13-24(22)30)27-26-23(21-7-5-6-8-25(21)33-26)12-18(2)35(27)16-29(31,32)17-36/h5-10,13,18,20,27-28,33,36-37H,3-4,11-12,14-17H2,1-2H3/t18-,27-,28+/m1/s1. The molecule has 1 fully saturated rings. The number of aliphatic hydroxyl groups excluding tert-OH is 2. The minimum Gasteiger partial charge on any atom is -0.390 e. The number of para-hydroxylation sites is 1. The Hall–Kier alpha value is -2.39. The zero-order chi connectivity index (χ0) is 26.3. The molecule has 0 amide bonds. The number of hydrogen-bond donors (Lipinski definition) is 3. The van der Waals surface area contributed by atoms with E-state index in [0.717, 1.165) is 54.6 Å². The Kier molecular flexibility index (Phi) is 7.38. The Bertz CT molecular complexity index is 1240. The van der Waals surface area contributed by atoms with Crippen LogP contribution < -0.4 is 0 Å². The molecule has 2 aliphatic heterocycles. The number of aromatic amines is 1. The van der Waals surface area contributed by atoms with Crippen molar-refractivity contribution in [2.45, 2.75) is 57.2 Å². The van der Waals surface area contributed by atoms with E-state index < -0.39 is 37.0 Å². The molecule has 3 N–H and O–H groups in total. The molecule has 0 saturated carbocycles. The van der Waals surface area contributed by atoms with Gasteiger partial charge in [0.1, 0.15) is 12.4 Å². The first-order valence-corrected chi connectivity index (χ1v) is 13.3. The second-order valence-corrected chi connectivity index (χ2v) is 10.8. The Morgan fingerprint density at radius 2 is 1.92 bits per heavy atom. The molecule has 0 radical (unpaired) electrons. The number of likely N-dealkylation sites (tertiary alicyclic amines) is 1. The van der Waals surface area contributed by atoms with Gasteiger partial charge >= 0.3 is 0 Å². The lowest BCUT2D eigenvalue weighted by atomic mass is 9.85. The van der Waals surface area contributed by atoms with E-state index in [1.807, 2.05) is 31.2 Å². The number of benzene rings is 2. The van der Waals surface area contributed by atoms with Gasteiger partial charge in [-0.1, -0.05) is 43.7 Å². The van der Waals surface area contributed by atoms with Crippen LogP contribution in [-0.2, 0) is 6.42 Å². The third kappa shape index (κ3) is 5.04. The van der Waals surface area contributed by atoms with Gasteiger partial charge in [0, 0.05) is 47.2 Å². The lowest BCUT2D eigenvalue weighted by Gasteiger charge is -2.43. The summed E-state index contributed by atoms with van der Waals surface area (Å²) in [6.45, 7) is 4.60. The van der Waals surface area contributed by atoms with Crippen molar-refractivity contribution in [2.75, 3.05) is 32.8 Å². The Morgan fingerprint density at radius 1 is 1.16 bits per heavy atom. The van der Waals surface area contributed by atoms with E-state index in [0.29, 0.717) is 12.0 Å². The number of fused-ring (bicyclic) bond motifs is 3. The van der Waals surface area contributed by atoms with E-state index >= 15 is 4.39 Å². The third-order valence-electron chi connectivity index (χ3n) is 8.08. The number of unbranched alkanes of at least 4 members (excludes halogenated alkanes) is 1. The molecule has 0 bridgehead atoms. The van der Waals surface area contributed by atoms with Crippen LogP contribution in [0.2, 0.25) is 0 Å². The smallest absolute Gasteiger partial charge is 0.283 e. The predicted octanol–water partition coefficient (Wildman–Crippen LogP) is 5.04. The molecule has 5 nitrogen and oxygen atoms in total. The van der Waals surface area contributed by atoms with Crippen molar-refractivity contribution >= 4 is 10.9 Å². The number of hydrogen-bond acceptors (Lipinski definition) is 4. The Labute approximate surface area is 215 Å². The van der Waals surface area contributed by atoms with Crippen LogP contribution in [0.15, 0.2) is 42.5 Å². The lowest BCUT2D eigenvalue weighted by molar-refractivity contribution is -0.0864. The fourth-order valence-electron chi connectivity index (χ4n) is 6.01. The van der Waals surface area contributed by atoms with Crippen molar-refractivity contribution in [2.24, 2.45) is 5.92 Å². The van der Waals surface area contributed by atoms with Gasteiger partial charge in [0.25, 0.3) is 5.92 Å². The summed E-state index contributed by atoms with van der Waals surface area (Å²) < 4.78 is 44.4. The molecule has 8 heteroatoms. The van der Waals surface area contributed by atoms with Crippen LogP contribution in [0.25, 0.3) is 10.9 Å². The Morgan fingerprint density at radius 3 is 2.62 bits per heavy atom. The fraction of sp³-hybridized carbons (Fsp3) is 0.517. The lowest BCUT2D eigenvalue weighted by Crippen LogP contribution is -2.49. The van der Waals surface area contributed by atoms with Crippen molar-refractivity contribution in [1.29, 1.82) is 0 Å². The number of H-pyrrole nitrogens is 1. The van der Waals surface area contributed by atoms with Gasteiger partial charge in [-0.15, -0.1) is 0 Å². The topological polar surface area (TPSA) is 62.7 Å². The van der Waals surface area contributed by atoms with E-state index in [2.05, 4.69) is 16.8 Å². The molecular weight excluding hydrogens is 479 g/mol. The van der Waals surface area contributed by atoms with Crippen LogP contribution in [0.5, 0.6) is 0 Å². The molecule has 0 unspecified atom stereocenters.